The second-order valence-electron chi connectivity index (χ2n) is 17.1. The monoisotopic (exact) mass is 732 g/mol. The molecular weight excluding hydrogens is 685 g/mol. The lowest BCUT2D eigenvalue weighted by molar-refractivity contribution is 0.483. The molecule has 3 heterocycles. The van der Waals surface area contributed by atoms with Crippen LogP contribution in [0, 0.1) is 6.92 Å². The van der Waals surface area contributed by atoms with Crippen LogP contribution in [0.2, 0.25) is 0 Å². The number of anilines is 4. The van der Waals surface area contributed by atoms with E-state index < -0.39 is 0 Å². The molecule has 0 amide bonds. The largest absolute Gasteiger partial charge is 0.457 e. The van der Waals surface area contributed by atoms with Crippen LogP contribution < -0.4 is 14.5 Å². The zero-order valence-electron chi connectivity index (χ0n) is 33.3. The SMILES string of the molecule is Cc1cc(C(C)(C)C)ccc1-c1cc(Oc2cccc(N3CN(c4ccccc4)c4ccccc43)c2)cc2c1c1ccccc1n2-c1cc(C(C)(C)C)ccn1. The lowest BCUT2D eigenvalue weighted by Crippen LogP contribution is -2.23. The van der Waals surface area contributed by atoms with Crippen molar-refractivity contribution in [3.63, 3.8) is 0 Å². The van der Waals surface area contributed by atoms with Crippen molar-refractivity contribution in [1.82, 2.24) is 9.55 Å². The van der Waals surface area contributed by atoms with E-state index in [1.54, 1.807) is 0 Å². The van der Waals surface area contributed by atoms with Crippen molar-refractivity contribution in [1.29, 1.82) is 0 Å². The molecule has 9 rings (SSSR count). The highest BCUT2D eigenvalue weighted by Crippen LogP contribution is 2.46. The summed E-state index contributed by atoms with van der Waals surface area (Å²) in [5.41, 5.74) is 12.9. The quantitative estimate of drug-likeness (QED) is 0.170. The number of ether oxygens (including phenoxy) is 1. The molecule has 0 spiro atoms. The molecule has 0 aliphatic carbocycles. The molecule has 0 N–H and O–H groups in total. The van der Waals surface area contributed by atoms with Crippen LogP contribution in [-0.4, -0.2) is 16.2 Å². The van der Waals surface area contributed by atoms with E-state index in [0.717, 1.165) is 39.6 Å². The van der Waals surface area contributed by atoms with Crippen LogP contribution in [0.5, 0.6) is 11.5 Å². The average Bonchev–Trinajstić information content (AvgIpc) is 3.74. The van der Waals surface area contributed by atoms with E-state index in [4.69, 9.17) is 9.72 Å². The van der Waals surface area contributed by atoms with E-state index in [1.807, 2.05) is 6.20 Å². The first kappa shape index (κ1) is 35.4. The van der Waals surface area contributed by atoms with Crippen LogP contribution in [0.25, 0.3) is 38.8 Å². The van der Waals surface area contributed by atoms with Gasteiger partial charge >= 0.3 is 0 Å². The molecule has 0 atom stereocenters. The smallest absolute Gasteiger partial charge is 0.137 e. The molecule has 278 valence electrons. The van der Waals surface area contributed by atoms with E-state index in [9.17, 15) is 0 Å². The minimum absolute atomic E-state index is 0.0270. The van der Waals surface area contributed by atoms with Gasteiger partial charge in [0, 0.05) is 40.5 Å². The van der Waals surface area contributed by atoms with Crippen molar-refractivity contribution in [2.45, 2.75) is 59.3 Å². The number of hydrogen-bond acceptors (Lipinski definition) is 4. The molecule has 8 aromatic rings. The summed E-state index contributed by atoms with van der Waals surface area (Å²) in [6, 6.07) is 52.1. The fourth-order valence-corrected chi connectivity index (χ4v) is 8.14. The predicted molar refractivity (Wildman–Crippen MR) is 235 cm³/mol. The molecule has 6 aromatic carbocycles. The average molecular weight is 733 g/mol. The number of rotatable bonds is 6. The molecule has 2 aromatic heterocycles. The van der Waals surface area contributed by atoms with Crippen LogP contribution in [0.15, 0.2) is 152 Å². The highest BCUT2D eigenvalue weighted by atomic mass is 16.5. The molecule has 5 nitrogen and oxygen atoms in total. The van der Waals surface area contributed by atoms with Crippen LogP contribution in [0.1, 0.15) is 58.2 Å². The summed E-state index contributed by atoms with van der Waals surface area (Å²) in [4.78, 5) is 9.70. The molecule has 5 heteroatoms. The number of nitrogens with zero attached hydrogens (tertiary/aromatic N) is 4. The lowest BCUT2D eigenvalue weighted by Gasteiger charge is -2.22. The van der Waals surface area contributed by atoms with Gasteiger partial charge in [-0.1, -0.05) is 114 Å². The van der Waals surface area contributed by atoms with Gasteiger partial charge in [0.05, 0.1) is 22.4 Å². The molecule has 0 saturated carbocycles. The molecule has 0 saturated heterocycles. The van der Waals surface area contributed by atoms with Gasteiger partial charge in [-0.3, -0.25) is 4.57 Å². The normalized spacial score (nSPS) is 13.1. The van der Waals surface area contributed by atoms with Crippen LogP contribution in [0.3, 0.4) is 0 Å². The predicted octanol–water partition coefficient (Wildman–Crippen LogP) is 13.8. The fraction of sp³-hybridized carbons (Fsp3) is 0.196. The van der Waals surface area contributed by atoms with Crippen LogP contribution in [-0.2, 0) is 10.8 Å². The number of benzene rings is 6. The van der Waals surface area contributed by atoms with E-state index in [1.165, 1.54) is 50.1 Å². The first-order chi connectivity index (χ1) is 26.9. The molecule has 0 radical (unpaired) electrons. The fourth-order valence-electron chi connectivity index (χ4n) is 8.14. The third-order valence-corrected chi connectivity index (χ3v) is 11.1. The maximum atomic E-state index is 6.96. The summed E-state index contributed by atoms with van der Waals surface area (Å²) < 4.78 is 9.27. The van der Waals surface area contributed by atoms with Crippen molar-refractivity contribution in [3.8, 4) is 28.4 Å². The van der Waals surface area contributed by atoms with E-state index >= 15 is 0 Å². The Morgan fingerprint density at radius 3 is 1.93 bits per heavy atom. The third-order valence-electron chi connectivity index (χ3n) is 11.1. The first-order valence-corrected chi connectivity index (χ1v) is 19.6. The Morgan fingerprint density at radius 2 is 1.20 bits per heavy atom. The van der Waals surface area contributed by atoms with Crippen molar-refractivity contribution in [2.24, 2.45) is 0 Å². The number of para-hydroxylation sites is 4. The Bertz CT molecular complexity index is 2750. The van der Waals surface area contributed by atoms with Gasteiger partial charge in [-0.05, 0) is 106 Å². The van der Waals surface area contributed by atoms with Crippen molar-refractivity contribution in [2.75, 3.05) is 16.5 Å². The van der Waals surface area contributed by atoms with E-state index in [2.05, 4.69) is 208 Å². The molecule has 56 heavy (non-hydrogen) atoms. The third kappa shape index (κ3) is 6.27. The highest BCUT2D eigenvalue weighted by Gasteiger charge is 2.28. The summed E-state index contributed by atoms with van der Waals surface area (Å²) in [5, 5.41) is 2.37. The Labute approximate surface area is 330 Å². The van der Waals surface area contributed by atoms with Crippen molar-refractivity contribution < 1.29 is 4.74 Å². The maximum absolute atomic E-state index is 6.96. The highest BCUT2D eigenvalue weighted by molar-refractivity contribution is 6.16. The van der Waals surface area contributed by atoms with E-state index in [-0.39, 0.29) is 10.8 Å². The van der Waals surface area contributed by atoms with Gasteiger partial charge in [0.1, 0.15) is 24.0 Å². The van der Waals surface area contributed by atoms with Gasteiger partial charge in [-0.25, -0.2) is 4.98 Å². The summed E-state index contributed by atoms with van der Waals surface area (Å²) in [5.74, 6) is 2.44. The Kier molecular flexibility index (Phi) is 8.50. The van der Waals surface area contributed by atoms with Gasteiger partial charge in [0.25, 0.3) is 0 Å². The topological polar surface area (TPSA) is 33.5 Å². The Morgan fingerprint density at radius 1 is 0.536 bits per heavy atom. The first-order valence-electron chi connectivity index (χ1n) is 19.6. The minimum atomic E-state index is -0.0270. The Balaban J connectivity index is 1.21. The van der Waals surface area contributed by atoms with Gasteiger partial charge in [-0.15, -0.1) is 0 Å². The number of aromatic nitrogens is 2. The van der Waals surface area contributed by atoms with Crippen LogP contribution >= 0.6 is 0 Å². The zero-order chi connectivity index (χ0) is 38.8. The van der Waals surface area contributed by atoms with E-state index in [0.29, 0.717) is 6.67 Å². The van der Waals surface area contributed by atoms with Crippen LogP contribution in [0.4, 0.5) is 22.7 Å². The molecule has 0 bridgehead atoms. The number of aryl methyl sites for hydroxylation is 1. The molecule has 0 fully saturated rings. The minimum Gasteiger partial charge on any atom is -0.457 e. The lowest BCUT2D eigenvalue weighted by atomic mass is 9.84. The summed E-state index contributed by atoms with van der Waals surface area (Å²) >= 11 is 0. The molecule has 1 aliphatic rings. The number of hydrogen-bond donors (Lipinski definition) is 0. The van der Waals surface area contributed by atoms with Gasteiger partial charge in [0.15, 0.2) is 0 Å². The standard InChI is InChI=1S/C51H48N4O/c1-34-28-35(50(2,3)4)24-25-41(34)43-31-40(32-47-49(43)42-20-11-12-21-44(42)55(47)48-29-36(26-27-52-48)51(5,6)7)56-39-19-15-18-38(30-39)54-33-53(37-16-9-8-10-17-37)45-22-13-14-23-46(45)54/h8-32H,33H2,1-7H3. The molecular formula is C51H48N4O. The summed E-state index contributed by atoms with van der Waals surface area (Å²) in [7, 11) is 0. The maximum Gasteiger partial charge on any atom is 0.137 e. The second-order valence-corrected chi connectivity index (χ2v) is 17.1. The van der Waals surface area contributed by atoms with Crippen molar-refractivity contribution in [3.05, 3.63) is 168 Å². The van der Waals surface area contributed by atoms with Gasteiger partial charge in [-0.2, -0.15) is 0 Å². The number of pyridine rings is 1. The van der Waals surface area contributed by atoms with Crippen molar-refractivity contribution >= 4 is 44.6 Å². The van der Waals surface area contributed by atoms with Gasteiger partial charge in [0.2, 0.25) is 0 Å². The second kappa shape index (κ2) is 13.5. The molecule has 0 unspecified atom stereocenters. The molecule has 1 aliphatic heterocycles. The summed E-state index contributed by atoms with van der Waals surface area (Å²) in [6.07, 6.45) is 1.94. The number of fused-ring (bicyclic) bond motifs is 4. The Hall–Kier alpha value is -6.33. The van der Waals surface area contributed by atoms with Gasteiger partial charge < -0.3 is 14.5 Å². The zero-order valence-corrected chi connectivity index (χ0v) is 33.3. The summed E-state index contributed by atoms with van der Waals surface area (Å²) in [6.45, 7) is 16.5.